The minimum atomic E-state index is -0.220. The fourth-order valence-corrected chi connectivity index (χ4v) is 2.23. The van der Waals surface area contributed by atoms with Crippen LogP contribution in [0.25, 0.3) is 0 Å². The van der Waals surface area contributed by atoms with Crippen LogP contribution in [-0.2, 0) is 6.42 Å². The molecule has 1 aromatic carbocycles. The van der Waals surface area contributed by atoms with Crippen molar-refractivity contribution in [2.45, 2.75) is 20.3 Å². The number of hydrogen-bond donors (Lipinski definition) is 1. The largest absolute Gasteiger partial charge is 0.321 e. The highest BCUT2D eigenvalue weighted by Crippen LogP contribution is 2.15. The maximum atomic E-state index is 12.0. The second-order valence-electron chi connectivity index (χ2n) is 3.99. The van der Waals surface area contributed by atoms with Crippen LogP contribution in [0.1, 0.15) is 39.6 Å². The van der Waals surface area contributed by atoms with Gasteiger partial charge < -0.3 is 5.32 Å². The smallest absolute Gasteiger partial charge is 0.269 e. The Kier molecular flexibility index (Phi) is 4.01. The van der Waals surface area contributed by atoms with Gasteiger partial charge in [-0.1, -0.05) is 11.4 Å². The summed E-state index contributed by atoms with van der Waals surface area (Å²) >= 11 is 1.08. The number of aryl methyl sites for hydroxylation is 1. The van der Waals surface area contributed by atoms with E-state index in [1.807, 2.05) is 6.92 Å². The number of hydrogen-bond acceptors (Lipinski definition) is 5. The van der Waals surface area contributed by atoms with Crippen LogP contribution in [0, 0.1) is 0 Å². The molecule has 0 aliphatic rings. The van der Waals surface area contributed by atoms with Crippen LogP contribution >= 0.6 is 11.5 Å². The molecule has 0 saturated heterocycles. The van der Waals surface area contributed by atoms with Gasteiger partial charge in [0.15, 0.2) is 5.78 Å². The van der Waals surface area contributed by atoms with Gasteiger partial charge in [0.05, 0.1) is 5.69 Å². The molecular formula is C13H13N3O2S. The molecule has 0 spiro atoms. The van der Waals surface area contributed by atoms with E-state index in [1.54, 1.807) is 24.3 Å². The number of aromatic nitrogens is 2. The van der Waals surface area contributed by atoms with Gasteiger partial charge in [-0.3, -0.25) is 9.59 Å². The third kappa shape index (κ3) is 3.03. The van der Waals surface area contributed by atoms with Gasteiger partial charge in [0.2, 0.25) is 0 Å². The summed E-state index contributed by atoms with van der Waals surface area (Å²) in [6, 6.07) is 6.77. The molecule has 6 heteroatoms. The predicted octanol–water partition coefficient (Wildman–Crippen LogP) is 2.56. The lowest BCUT2D eigenvalue weighted by molar-refractivity contribution is 0.101. The molecule has 98 valence electrons. The highest BCUT2D eigenvalue weighted by molar-refractivity contribution is 7.08. The van der Waals surface area contributed by atoms with Crippen LogP contribution < -0.4 is 5.32 Å². The molecule has 0 atom stereocenters. The van der Waals surface area contributed by atoms with E-state index in [2.05, 4.69) is 14.9 Å². The zero-order chi connectivity index (χ0) is 13.8. The van der Waals surface area contributed by atoms with Crippen molar-refractivity contribution in [3.63, 3.8) is 0 Å². The van der Waals surface area contributed by atoms with Gasteiger partial charge >= 0.3 is 0 Å². The monoisotopic (exact) mass is 275 g/mol. The molecule has 0 aliphatic carbocycles. The predicted molar refractivity (Wildman–Crippen MR) is 73.7 cm³/mol. The number of carbonyl (C=O) groups excluding carboxylic acids is 2. The first kappa shape index (κ1) is 13.4. The number of anilines is 1. The van der Waals surface area contributed by atoms with Gasteiger partial charge in [-0.25, -0.2) is 0 Å². The number of benzene rings is 1. The number of carbonyl (C=O) groups is 2. The summed E-state index contributed by atoms with van der Waals surface area (Å²) in [4.78, 5) is 23.7. The van der Waals surface area contributed by atoms with E-state index in [-0.39, 0.29) is 11.7 Å². The van der Waals surface area contributed by atoms with Crippen LogP contribution in [0.3, 0.4) is 0 Å². The third-order valence-corrected chi connectivity index (χ3v) is 3.41. The summed E-state index contributed by atoms with van der Waals surface area (Å²) in [5.74, 6) is -0.222. The normalized spacial score (nSPS) is 10.2. The Balaban J connectivity index is 2.13. The Morgan fingerprint density at radius 1 is 1.26 bits per heavy atom. The summed E-state index contributed by atoms with van der Waals surface area (Å²) in [7, 11) is 0. The Labute approximate surface area is 114 Å². The Morgan fingerprint density at radius 2 is 1.95 bits per heavy atom. The molecule has 19 heavy (non-hydrogen) atoms. The average Bonchev–Trinajstić information content (AvgIpc) is 2.87. The summed E-state index contributed by atoms with van der Waals surface area (Å²) in [6.07, 6.45) is 0.669. The zero-order valence-electron chi connectivity index (χ0n) is 10.6. The molecular weight excluding hydrogens is 262 g/mol. The number of nitrogens with one attached hydrogen (secondary N) is 1. The highest BCUT2D eigenvalue weighted by atomic mass is 32.1. The molecule has 0 unspecified atom stereocenters. The molecule has 0 radical (unpaired) electrons. The van der Waals surface area contributed by atoms with Crippen LogP contribution in [0.5, 0.6) is 0 Å². The van der Waals surface area contributed by atoms with E-state index in [0.29, 0.717) is 28.2 Å². The topological polar surface area (TPSA) is 72.0 Å². The minimum absolute atomic E-state index is 0.00203. The van der Waals surface area contributed by atoms with Gasteiger partial charge in [0.1, 0.15) is 4.88 Å². The molecule has 0 aliphatic heterocycles. The van der Waals surface area contributed by atoms with Crippen LogP contribution in [0.4, 0.5) is 5.69 Å². The first-order valence-corrected chi connectivity index (χ1v) is 6.62. The van der Waals surface area contributed by atoms with Crippen molar-refractivity contribution in [3.8, 4) is 0 Å². The minimum Gasteiger partial charge on any atom is -0.321 e. The second-order valence-corrected chi connectivity index (χ2v) is 4.74. The molecule has 1 N–H and O–H groups in total. The molecule has 1 heterocycles. The maximum absolute atomic E-state index is 12.0. The van der Waals surface area contributed by atoms with Crippen LogP contribution in [0.2, 0.25) is 0 Å². The Morgan fingerprint density at radius 3 is 2.53 bits per heavy atom. The van der Waals surface area contributed by atoms with E-state index in [1.165, 1.54) is 6.92 Å². The lowest BCUT2D eigenvalue weighted by atomic mass is 10.1. The number of nitrogens with zero attached hydrogens (tertiary/aromatic N) is 2. The van der Waals surface area contributed by atoms with Crippen molar-refractivity contribution in [2.75, 3.05) is 5.32 Å². The quantitative estimate of drug-likeness (QED) is 0.870. The number of amides is 1. The van der Waals surface area contributed by atoms with Crippen molar-refractivity contribution in [3.05, 3.63) is 40.4 Å². The van der Waals surface area contributed by atoms with Crippen molar-refractivity contribution in [1.29, 1.82) is 0 Å². The number of ketones is 1. The molecule has 2 aromatic rings. The summed E-state index contributed by atoms with van der Waals surface area (Å²) in [5.41, 5.74) is 1.96. The molecule has 1 aromatic heterocycles. The molecule has 0 saturated carbocycles. The van der Waals surface area contributed by atoms with E-state index < -0.39 is 0 Å². The van der Waals surface area contributed by atoms with Gasteiger partial charge in [-0.2, -0.15) is 0 Å². The number of Topliss-reactive ketones (excluding diaryl/α,β-unsaturated/α-hetero) is 1. The van der Waals surface area contributed by atoms with E-state index in [9.17, 15) is 9.59 Å². The lowest BCUT2D eigenvalue weighted by Gasteiger charge is -2.04. The first-order valence-electron chi connectivity index (χ1n) is 5.85. The van der Waals surface area contributed by atoms with Crippen LogP contribution in [-0.4, -0.2) is 21.3 Å². The zero-order valence-corrected chi connectivity index (χ0v) is 11.5. The van der Waals surface area contributed by atoms with Crippen molar-refractivity contribution >= 4 is 28.9 Å². The van der Waals surface area contributed by atoms with Gasteiger partial charge in [0, 0.05) is 11.3 Å². The summed E-state index contributed by atoms with van der Waals surface area (Å²) < 4.78 is 3.78. The maximum Gasteiger partial charge on any atom is 0.269 e. The SMILES string of the molecule is CCc1nnsc1C(=O)Nc1ccc(C(C)=O)cc1. The van der Waals surface area contributed by atoms with E-state index in [4.69, 9.17) is 0 Å². The first-order chi connectivity index (χ1) is 9.11. The fourth-order valence-electron chi connectivity index (χ4n) is 1.59. The summed E-state index contributed by atoms with van der Waals surface area (Å²) in [6.45, 7) is 3.43. The molecule has 0 fully saturated rings. The molecule has 2 rings (SSSR count). The number of rotatable bonds is 4. The summed E-state index contributed by atoms with van der Waals surface area (Å²) in [5, 5.41) is 6.66. The lowest BCUT2D eigenvalue weighted by Crippen LogP contribution is -2.12. The van der Waals surface area contributed by atoms with Crippen molar-refractivity contribution in [2.24, 2.45) is 0 Å². The molecule has 5 nitrogen and oxygen atoms in total. The third-order valence-electron chi connectivity index (χ3n) is 2.65. The molecule has 1 amide bonds. The standard InChI is InChI=1S/C13H13N3O2S/c1-3-11-12(19-16-15-11)13(18)14-10-6-4-9(5-7-10)8(2)17/h4-7H,3H2,1-2H3,(H,14,18). The van der Waals surface area contributed by atoms with Gasteiger partial charge in [-0.05, 0) is 49.1 Å². The van der Waals surface area contributed by atoms with Crippen LogP contribution in [0.15, 0.2) is 24.3 Å². The van der Waals surface area contributed by atoms with Crippen molar-refractivity contribution in [1.82, 2.24) is 9.59 Å². The average molecular weight is 275 g/mol. The van der Waals surface area contributed by atoms with E-state index in [0.717, 1.165) is 11.5 Å². The molecule has 0 bridgehead atoms. The van der Waals surface area contributed by atoms with Crippen molar-refractivity contribution < 1.29 is 9.59 Å². The van der Waals surface area contributed by atoms with E-state index >= 15 is 0 Å². The van der Waals surface area contributed by atoms with Gasteiger partial charge in [-0.15, -0.1) is 5.10 Å². The fraction of sp³-hybridized carbons (Fsp3) is 0.231. The van der Waals surface area contributed by atoms with Gasteiger partial charge in [0.25, 0.3) is 5.91 Å². The second kappa shape index (κ2) is 5.71. The highest BCUT2D eigenvalue weighted by Gasteiger charge is 2.15. The Hall–Kier alpha value is -2.08. The Bertz CT molecular complexity index is 605.